The van der Waals surface area contributed by atoms with Crippen LogP contribution in [-0.2, 0) is 10.8 Å². The fourth-order valence-corrected chi connectivity index (χ4v) is 2.53. The minimum absolute atomic E-state index is 0.182. The van der Waals surface area contributed by atoms with Crippen molar-refractivity contribution in [3.63, 3.8) is 0 Å². The lowest BCUT2D eigenvalue weighted by molar-refractivity contribution is 0.143. The molecule has 19 heavy (non-hydrogen) atoms. The lowest BCUT2D eigenvalue weighted by atomic mass is 10.0. The average Bonchev–Trinajstić information content (AvgIpc) is 2.35. The number of aliphatic hydroxyl groups excluding tert-OH is 1. The second kappa shape index (κ2) is 7.78. The van der Waals surface area contributed by atoms with Gasteiger partial charge in [-0.25, -0.2) is 0 Å². The Bertz CT molecular complexity index is 403. The molecule has 3 nitrogen and oxygen atoms in total. The van der Waals surface area contributed by atoms with Gasteiger partial charge in [0.25, 0.3) is 0 Å². The largest absolute Gasteiger partial charge is 0.392 e. The van der Waals surface area contributed by atoms with Crippen LogP contribution in [0.4, 0.5) is 0 Å². The predicted molar refractivity (Wildman–Crippen MR) is 80.7 cm³/mol. The number of aliphatic hydroxyl groups is 1. The number of hydrogen-bond acceptors (Lipinski definition) is 3. The minimum atomic E-state index is -0.929. The van der Waals surface area contributed by atoms with Crippen LogP contribution in [0.3, 0.4) is 0 Å². The summed E-state index contributed by atoms with van der Waals surface area (Å²) >= 11 is 0. The molecule has 0 aliphatic heterocycles. The fraction of sp³-hybridized carbons (Fsp3) is 0.600. The van der Waals surface area contributed by atoms with Crippen molar-refractivity contribution in [1.82, 2.24) is 5.32 Å². The van der Waals surface area contributed by atoms with E-state index in [2.05, 4.69) is 26.1 Å². The monoisotopic (exact) mass is 283 g/mol. The topological polar surface area (TPSA) is 49.3 Å². The van der Waals surface area contributed by atoms with E-state index in [0.29, 0.717) is 12.5 Å². The molecule has 3 atom stereocenters. The van der Waals surface area contributed by atoms with Gasteiger partial charge in [0.1, 0.15) is 0 Å². The van der Waals surface area contributed by atoms with Gasteiger partial charge in [-0.15, -0.1) is 0 Å². The van der Waals surface area contributed by atoms with Crippen molar-refractivity contribution >= 4 is 10.8 Å². The van der Waals surface area contributed by atoms with Crippen molar-refractivity contribution < 1.29 is 9.32 Å². The Morgan fingerprint density at radius 1 is 1.21 bits per heavy atom. The summed E-state index contributed by atoms with van der Waals surface area (Å²) in [6.45, 7) is 6.88. The SMILES string of the molecule is CC(C)CC(O)CNC(C)c1ccc(S(C)=O)cc1. The van der Waals surface area contributed by atoms with Crippen LogP contribution in [0.2, 0.25) is 0 Å². The molecule has 108 valence electrons. The van der Waals surface area contributed by atoms with Gasteiger partial charge < -0.3 is 10.4 Å². The highest BCUT2D eigenvalue weighted by Crippen LogP contribution is 2.15. The van der Waals surface area contributed by atoms with Crippen LogP contribution in [0.15, 0.2) is 29.2 Å². The van der Waals surface area contributed by atoms with Gasteiger partial charge in [0, 0.05) is 34.5 Å². The molecule has 3 unspecified atom stereocenters. The van der Waals surface area contributed by atoms with Crippen molar-refractivity contribution in [3.05, 3.63) is 29.8 Å². The molecule has 1 aromatic carbocycles. The summed E-state index contributed by atoms with van der Waals surface area (Å²) < 4.78 is 11.3. The normalized spacial score (nSPS) is 16.3. The minimum Gasteiger partial charge on any atom is -0.392 e. The zero-order chi connectivity index (χ0) is 14.4. The van der Waals surface area contributed by atoms with Crippen LogP contribution >= 0.6 is 0 Å². The van der Waals surface area contributed by atoms with Crippen LogP contribution in [0, 0.1) is 5.92 Å². The van der Waals surface area contributed by atoms with Crippen LogP contribution in [0.1, 0.15) is 38.8 Å². The Morgan fingerprint density at radius 2 is 1.79 bits per heavy atom. The first-order chi connectivity index (χ1) is 8.90. The maximum atomic E-state index is 11.3. The maximum absolute atomic E-state index is 11.3. The molecular weight excluding hydrogens is 258 g/mol. The highest BCUT2D eigenvalue weighted by atomic mass is 32.2. The summed E-state index contributed by atoms with van der Waals surface area (Å²) in [6.07, 6.45) is 2.19. The smallest absolute Gasteiger partial charge is 0.0667 e. The van der Waals surface area contributed by atoms with Crippen molar-refractivity contribution in [1.29, 1.82) is 0 Å². The molecule has 2 N–H and O–H groups in total. The molecule has 4 heteroatoms. The lowest BCUT2D eigenvalue weighted by Crippen LogP contribution is -2.29. The van der Waals surface area contributed by atoms with Gasteiger partial charge in [0.05, 0.1) is 6.10 Å². The Balaban J connectivity index is 2.49. The third kappa shape index (κ3) is 5.85. The molecule has 0 spiro atoms. The fourth-order valence-electron chi connectivity index (χ4n) is 2.01. The molecule has 0 saturated carbocycles. The second-order valence-corrected chi connectivity index (χ2v) is 6.82. The number of benzene rings is 1. The zero-order valence-electron chi connectivity index (χ0n) is 12.2. The van der Waals surface area contributed by atoms with Gasteiger partial charge in [-0.3, -0.25) is 4.21 Å². The molecule has 0 amide bonds. The van der Waals surface area contributed by atoms with Crippen molar-refractivity contribution in [2.45, 2.75) is 44.2 Å². The summed E-state index contributed by atoms with van der Waals surface area (Å²) in [5, 5.41) is 13.2. The Labute approximate surface area is 118 Å². The first kappa shape index (κ1) is 16.3. The van der Waals surface area contributed by atoms with Crippen molar-refractivity contribution in [3.8, 4) is 0 Å². The van der Waals surface area contributed by atoms with E-state index in [1.165, 1.54) is 0 Å². The first-order valence-electron chi connectivity index (χ1n) is 6.75. The molecule has 0 radical (unpaired) electrons. The molecule has 0 saturated heterocycles. The highest BCUT2D eigenvalue weighted by Gasteiger charge is 2.10. The summed E-state index contributed by atoms with van der Waals surface area (Å²) in [5.74, 6) is 0.505. The van der Waals surface area contributed by atoms with E-state index in [0.717, 1.165) is 16.9 Å². The molecular formula is C15H25NO2S. The van der Waals surface area contributed by atoms with Gasteiger partial charge >= 0.3 is 0 Å². The first-order valence-corrected chi connectivity index (χ1v) is 8.30. The van der Waals surface area contributed by atoms with E-state index in [-0.39, 0.29) is 12.1 Å². The molecule has 0 aromatic heterocycles. The van der Waals surface area contributed by atoms with E-state index < -0.39 is 10.8 Å². The van der Waals surface area contributed by atoms with Crippen LogP contribution < -0.4 is 5.32 Å². The second-order valence-electron chi connectivity index (χ2n) is 5.44. The maximum Gasteiger partial charge on any atom is 0.0667 e. The number of rotatable bonds is 7. The molecule has 0 aliphatic carbocycles. The number of hydrogen-bond donors (Lipinski definition) is 2. The van der Waals surface area contributed by atoms with E-state index in [9.17, 15) is 9.32 Å². The van der Waals surface area contributed by atoms with Gasteiger partial charge in [0.2, 0.25) is 0 Å². The molecule has 1 aromatic rings. The Morgan fingerprint density at radius 3 is 2.26 bits per heavy atom. The van der Waals surface area contributed by atoms with Gasteiger partial charge in [0.15, 0.2) is 0 Å². The van der Waals surface area contributed by atoms with Crippen LogP contribution in [0.5, 0.6) is 0 Å². The highest BCUT2D eigenvalue weighted by molar-refractivity contribution is 7.84. The molecule has 0 heterocycles. The van der Waals surface area contributed by atoms with Crippen LogP contribution in [-0.4, -0.2) is 28.2 Å². The van der Waals surface area contributed by atoms with E-state index in [4.69, 9.17) is 0 Å². The lowest BCUT2D eigenvalue weighted by Gasteiger charge is -2.18. The Hall–Kier alpha value is -0.710. The summed E-state index contributed by atoms with van der Waals surface area (Å²) in [6, 6.07) is 7.95. The van der Waals surface area contributed by atoms with Crippen molar-refractivity contribution in [2.24, 2.45) is 5.92 Å². The standard InChI is InChI=1S/C15H25NO2S/c1-11(2)9-14(17)10-16-12(3)13-5-7-15(8-6-13)19(4)18/h5-8,11-12,14,16-17H,9-10H2,1-4H3. The summed E-state index contributed by atoms with van der Waals surface area (Å²) in [4.78, 5) is 0.843. The van der Waals surface area contributed by atoms with Crippen molar-refractivity contribution in [2.75, 3.05) is 12.8 Å². The molecule has 0 aliphatic rings. The van der Waals surface area contributed by atoms with E-state index >= 15 is 0 Å². The van der Waals surface area contributed by atoms with Crippen LogP contribution in [0.25, 0.3) is 0 Å². The van der Waals surface area contributed by atoms with Gasteiger partial charge in [-0.05, 0) is 37.0 Å². The summed E-state index contributed by atoms with van der Waals surface area (Å²) in [7, 11) is -0.929. The molecule has 0 fully saturated rings. The van der Waals surface area contributed by atoms with E-state index in [1.54, 1.807) is 6.26 Å². The third-order valence-electron chi connectivity index (χ3n) is 3.12. The molecule has 0 bridgehead atoms. The molecule has 1 rings (SSSR count). The van der Waals surface area contributed by atoms with E-state index in [1.807, 2.05) is 24.3 Å². The summed E-state index contributed by atoms with van der Waals surface area (Å²) in [5.41, 5.74) is 1.14. The average molecular weight is 283 g/mol. The Kier molecular flexibility index (Phi) is 6.69. The zero-order valence-corrected chi connectivity index (χ0v) is 13.0. The third-order valence-corrected chi connectivity index (χ3v) is 4.05. The quantitative estimate of drug-likeness (QED) is 0.808. The number of nitrogens with one attached hydrogen (secondary N) is 1. The van der Waals surface area contributed by atoms with Gasteiger partial charge in [-0.1, -0.05) is 26.0 Å². The predicted octanol–water partition coefficient (Wildman–Crippen LogP) is 2.48. The van der Waals surface area contributed by atoms with Gasteiger partial charge in [-0.2, -0.15) is 0 Å².